The topological polar surface area (TPSA) is 59.6 Å². The molecule has 1 aliphatic heterocycles. The Morgan fingerprint density at radius 2 is 2.19 bits per heavy atom. The zero-order valence-corrected chi connectivity index (χ0v) is 13.1. The van der Waals surface area contributed by atoms with Crippen molar-refractivity contribution in [2.24, 2.45) is 0 Å². The predicted molar refractivity (Wildman–Crippen MR) is 85.5 cm³/mol. The van der Waals surface area contributed by atoms with E-state index in [2.05, 4.69) is 10.6 Å². The van der Waals surface area contributed by atoms with Crippen molar-refractivity contribution in [3.8, 4) is 0 Å². The van der Waals surface area contributed by atoms with E-state index in [1.807, 2.05) is 18.2 Å². The predicted octanol–water partition coefficient (Wildman–Crippen LogP) is 1.86. The standard InChI is InChI=1S/C15H22N2O3.ClH/c1-19-10-11-20-9-8-17-15(18)13-4-2-6-14-12(13)5-3-7-16-14;/h2,4,6,16H,3,5,7-11H2,1H3,(H,17,18);1H. The number of amides is 1. The van der Waals surface area contributed by atoms with Gasteiger partial charge in [-0.3, -0.25) is 4.79 Å². The van der Waals surface area contributed by atoms with Crippen LogP contribution < -0.4 is 10.6 Å². The molecule has 1 aromatic rings. The number of carbonyl (C=O) groups excluding carboxylic acids is 1. The molecule has 5 nitrogen and oxygen atoms in total. The summed E-state index contributed by atoms with van der Waals surface area (Å²) in [7, 11) is 1.64. The van der Waals surface area contributed by atoms with Crippen LogP contribution in [0.15, 0.2) is 18.2 Å². The molecule has 118 valence electrons. The second-order valence-electron chi connectivity index (χ2n) is 4.72. The third kappa shape index (κ3) is 5.19. The fourth-order valence-corrected chi connectivity index (χ4v) is 2.30. The van der Waals surface area contributed by atoms with Crippen molar-refractivity contribution in [1.29, 1.82) is 0 Å². The van der Waals surface area contributed by atoms with Gasteiger partial charge in [0.2, 0.25) is 0 Å². The summed E-state index contributed by atoms with van der Waals surface area (Å²) in [5, 5.41) is 6.22. The Labute approximate surface area is 131 Å². The van der Waals surface area contributed by atoms with Crippen LogP contribution in [0.3, 0.4) is 0 Å². The molecular weight excluding hydrogens is 292 g/mol. The van der Waals surface area contributed by atoms with Crippen LogP contribution in [0.1, 0.15) is 22.3 Å². The summed E-state index contributed by atoms with van der Waals surface area (Å²) in [6, 6.07) is 5.83. The summed E-state index contributed by atoms with van der Waals surface area (Å²) in [4.78, 5) is 12.2. The molecule has 2 N–H and O–H groups in total. The van der Waals surface area contributed by atoms with Crippen molar-refractivity contribution in [1.82, 2.24) is 5.32 Å². The van der Waals surface area contributed by atoms with Gasteiger partial charge in [-0.15, -0.1) is 12.4 Å². The van der Waals surface area contributed by atoms with Crippen LogP contribution in [0.2, 0.25) is 0 Å². The number of hydrogen-bond donors (Lipinski definition) is 2. The quantitative estimate of drug-likeness (QED) is 0.754. The van der Waals surface area contributed by atoms with Crippen LogP contribution in [0.4, 0.5) is 5.69 Å². The number of nitrogens with one attached hydrogen (secondary N) is 2. The molecular formula is C15H23ClN2O3. The first-order valence-electron chi connectivity index (χ1n) is 7.03. The maximum Gasteiger partial charge on any atom is 0.251 e. The number of fused-ring (bicyclic) bond motifs is 1. The van der Waals surface area contributed by atoms with Gasteiger partial charge in [-0.2, -0.15) is 0 Å². The number of methoxy groups -OCH3 is 1. The van der Waals surface area contributed by atoms with Gasteiger partial charge in [-0.25, -0.2) is 0 Å². The van der Waals surface area contributed by atoms with Gasteiger partial charge in [-0.1, -0.05) is 6.07 Å². The lowest BCUT2D eigenvalue weighted by Gasteiger charge is -2.20. The molecule has 1 amide bonds. The van der Waals surface area contributed by atoms with E-state index in [1.165, 1.54) is 0 Å². The second-order valence-corrected chi connectivity index (χ2v) is 4.72. The van der Waals surface area contributed by atoms with E-state index in [1.54, 1.807) is 7.11 Å². The first-order valence-corrected chi connectivity index (χ1v) is 7.03. The minimum atomic E-state index is -0.0270. The highest BCUT2D eigenvalue weighted by molar-refractivity contribution is 5.97. The van der Waals surface area contributed by atoms with Crippen molar-refractivity contribution < 1.29 is 14.3 Å². The molecule has 1 aliphatic rings. The van der Waals surface area contributed by atoms with Crippen molar-refractivity contribution in [3.05, 3.63) is 29.3 Å². The van der Waals surface area contributed by atoms with Gasteiger partial charge < -0.3 is 20.1 Å². The van der Waals surface area contributed by atoms with E-state index < -0.39 is 0 Å². The van der Waals surface area contributed by atoms with Crippen LogP contribution in [0, 0.1) is 0 Å². The van der Waals surface area contributed by atoms with E-state index in [0.717, 1.165) is 36.2 Å². The number of carbonyl (C=O) groups is 1. The molecule has 2 rings (SSSR count). The molecule has 0 spiro atoms. The molecule has 0 saturated carbocycles. The molecule has 0 bridgehead atoms. The molecule has 0 radical (unpaired) electrons. The Morgan fingerprint density at radius 3 is 3.00 bits per heavy atom. The molecule has 1 heterocycles. The largest absolute Gasteiger partial charge is 0.385 e. The van der Waals surface area contributed by atoms with E-state index >= 15 is 0 Å². The minimum Gasteiger partial charge on any atom is -0.385 e. The molecule has 0 atom stereocenters. The average molecular weight is 315 g/mol. The van der Waals surface area contributed by atoms with Gasteiger partial charge in [0.15, 0.2) is 0 Å². The fraction of sp³-hybridized carbons (Fsp3) is 0.533. The van der Waals surface area contributed by atoms with Crippen LogP contribution >= 0.6 is 12.4 Å². The lowest BCUT2D eigenvalue weighted by molar-refractivity contribution is 0.0692. The summed E-state index contributed by atoms with van der Waals surface area (Å²) in [5.74, 6) is -0.0270. The summed E-state index contributed by atoms with van der Waals surface area (Å²) >= 11 is 0. The number of halogens is 1. The Morgan fingerprint density at radius 1 is 1.33 bits per heavy atom. The zero-order valence-electron chi connectivity index (χ0n) is 12.3. The number of anilines is 1. The van der Waals surface area contributed by atoms with Crippen LogP contribution in [-0.2, 0) is 15.9 Å². The highest BCUT2D eigenvalue weighted by Gasteiger charge is 2.16. The molecule has 0 unspecified atom stereocenters. The fourth-order valence-electron chi connectivity index (χ4n) is 2.30. The Balaban J connectivity index is 0.00000220. The van der Waals surface area contributed by atoms with E-state index in [9.17, 15) is 4.79 Å². The lowest BCUT2D eigenvalue weighted by atomic mass is 9.97. The molecule has 0 aromatic heterocycles. The third-order valence-corrected chi connectivity index (χ3v) is 3.30. The van der Waals surface area contributed by atoms with E-state index in [4.69, 9.17) is 9.47 Å². The van der Waals surface area contributed by atoms with Crippen molar-refractivity contribution in [2.75, 3.05) is 45.3 Å². The summed E-state index contributed by atoms with van der Waals surface area (Å²) in [5.41, 5.74) is 2.98. The van der Waals surface area contributed by atoms with Crippen molar-refractivity contribution >= 4 is 24.0 Å². The summed E-state index contributed by atoms with van der Waals surface area (Å²) in [6.45, 7) is 3.12. The van der Waals surface area contributed by atoms with Crippen LogP contribution in [-0.4, -0.2) is 45.9 Å². The van der Waals surface area contributed by atoms with Gasteiger partial charge in [0.05, 0.1) is 19.8 Å². The first kappa shape index (κ1) is 17.8. The maximum absolute atomic E-state index is 12.2. The van der Waals surface area contributed by atoms with Crippen LogP contribution in [0.25, 0.3) is 0 Å². The highest BCUT2D eigenvalue weighted by atomic mass is 35.5. The monoisotopic (exact) mass is 314 g/mol. The van der Waals surface area contributed by atoms with Gasteiger partial charge in [0.25, 0.3) is 5.91 Å². The Bertz CT molecular complexity index is 455. The highest BCUT2D eigenvalue weighted by Crippen LogP contribution is 2.25. The smallest absolute Gasteiger partial charge is 0.251 e. The minimum absolute atomic E-state index is 0. The third-order valence-electron chi connectivity index (χ3n) is 3.30. The van der Waals surface area contributed by atoms with Gasteiger partial charge in [0, 0.05) is 31.5 Å². The molecule has 0 aliphatic carbocycles. The molecule has 1 aromatic carbocycles. The number of rotatable bonds is 7. The number of benzene rings is 1. The molecule has 0 fully saturated rings. The van der Waals surface area contributed by atoms with Crippen molar-refractivity contribution in [2.45, 2.75) is 12.8 Å². The second kappa shape index (κ2) is 9.60. The van der Waals surface area contributed by atoms with Crippen molar-refractivity contribution in [3.63, 3.8) is 0 Å². The van der Waals surface area contributed by atoms with E-state index in [-0.39, 0.29) is 18.3 Å². The SMILES string of the molecule is COCCOCCNC(=O)c1cccc2c1CCCN2.Cl. The van der Waals surface area contributed by atoms with E-state index in [0.29, 0.717) is 26.4 Å². The lowest BCUT2D eigenvalue weighted by Crippen LogP contribution is -2.29. The molecule has 21 heavy (non-hydrogen) atoms. The Kier molecular flexibility index (Phi) is 8.12. The summed E-state index contributed by atoms with van der Waals surface area (Å²) < 4.78 is 10.2. The maximum atomic E-state index is 12.2. The normalized spacial score (nSPS) is 12.8. The summed E-state index contributed by atoms with van der Waals surface area (Å²) in [6.07, 6.45) is 2.02. The average Bonchev–Trinajstić information content (AvgIpc) is 2.50. The number of hydrogen-bond acceptors (Lipinski definition) is 4. The van der Waals surface area contributed by atoms with Gasteiger partial charge in [0.1, 0.15) is 0 Å². The zero-order chi connectivity index (χ0) is 14.2. The van der Waals surface area contributed by atoms with Gasteiger partial charge in [-0.05, 0) is 30.5 Å². The Hall–Kier alpha value is -1.30. The van der Waals surface area contributed by atoms with Crippen LogP contribution in [0.5, 0.6) is 0 Å². The van der Waals surface area contributed by atoms with Gasteiger partial charge >= 0.3 is 0 Å². The first-order chi connectivity index (χ1) is 9.83. The molecule has 6 heteroatoms. The number of ether oxygens (including phenoxy) is 2. The molecule has 0 saturated heterocycles.